The van der Waals surface area contributed by atoms with Gasteiger partial charge >= 0.3 is 17.9 Å². The molecule has 2 atom stereocenters. The highest BCUT2D eigenvalue weighted by Gasteiger charge is 2.35. The lowest BCUT2D eigenvalue weighted by atomic mass is 9.87. The van der Waals surface area contributed by atoms with Gasteiger partial charge in [-0.15, -0.1) is 0 Å². The molecule has 0 fully saturated rings. The van der Waals surface area contributed by atoms with Crippen molar-refractivity contribution in [3.8, 4) is 23.0 Å². The summed E-state index contributed by atoms with van der Waals surface area (Å²) in [6, 6.07) is 9.55. The number of carboxylic acid groups (broad SMARTS) is 2. The molecule has 37 heavy (non-hydrogen) atoms. The number of methoxy groups -OCH3 is 5. The van der Waals surface area contributed by atoms with Crippen molar-refractivity contribution in [1.82, 2.24) is 4.90 Å². The predicted octanol–water partition coefficient (Wildman–Crippen LogP) is 2.58. The van der Waals surface area contributed by atoms with Crippen LogP contribution in [0.4, 0.5) is 0 Å². The highest BCUT2D eigenvalue weighted by Crippen LogP contribution is 2.41. The molecule has 1 heterocycles. The number of hydrogen-bond acceptors (Lipinski definition) is 9. The maximum atomic E-state index is 12.4. The molecule has 1 aliphatic rings. The van der Waals surface area contributed by atoms with Crippen molar-refractivity contribution in [2.75, 3.05) is 42.1 Å². The van der Waals surface area contributed by atoms with Crippen LogP contribution in [0.25, 0.3) is 0 Å². The number of esters is 1. The van der Waals surface area contributed by atoms with Crippen molar-refractivity contribution in [1.29, 1.82) is 0 Å². The van der Waals surface area contributed by atoms with E-state index in [1.807, 2.05) is 37.3 Å². The summed E-state index contributed by atoms with van der Waals surface area (Å²) in [5.74, 6) is -1.16. The van der Waals surface area contributed by atoms with Gasteiger partial charge in [0.25, 0.3) is 0 Å². The van der Waals surface area contributed by atoms with E-state index in [-0.39, 0.29) is 18.1 Å². The van der Waals surface area contributed by atoms with Crippen LogP contribution in [0.5, 0.6) is 23.0 Å². The zero-order valence-corrected chi connectivity index (χ0v) is 21.8. The standard InChI is InChI=1S/C24H31NO6.C2H2O4/c1-15(24(26)31-6)25-10-9-17-13-22(29-4)23(30-5)14-18(17)19(25)11-16-7-8-20(27-2)21(12-16)28-3;3-1(4)2(5)6/h7-8,12-15,19H,9-11H2,1-6H3;(H,3,4)(H,5,6). The Labute approximate surface area is 215 Å². The van der Waals surface area contributed by atoms with Crippen LogP contribution < -0.4 is 18.9 Å². The van der Waals surface area contributed by atoms with E-state index in [2.05, 4.69) is 4.90 Å². The Kier molecular flexibility index (Phi) is 10.6. The Morgan fingerprint density at radius 1 is 0.865 bits per heavy atom. The largest absolute Gasteiger partial charge is 0.493 e. The van der Waals surface area contributed by atoms with Crippen LogP contribution in [0.2, 0.25) is 0 Å². The summed E-state index contributed by atoms with van der Waals surface area (Å²) in [5.41, 5.74) is 3.39. The number of benzene rings is 2. The summed E-state index contributed by atoms with van der Waals surface area (Å²) < 4.78 is 27.0. The molecule has 0 bridgehead atoms. The van der Waals surface area contributed by atoms with Crippen LogP contribution in [0.3, 0.4) is 0 Å². The molecule has 202 valence electrons. The molecule has 0 amide bonds. The van der Waals surface area contributed by atoms with Gasteiger partial charge in [0.1, 0.15) is 6.04 Å². The number of carbonyl (C=O) groups is 3. The zero-order chi connectivity index (χ0) is 27.7. The number of rotatable bonds is 8. The SMILES string of the molecule is COC(=O)C(C)N1CCc2cc(OC)c(OC)cc2C1Cc1ccc(OC)c(OC)c1.O=C(O)C(=O)O. The van der Waals surface area contributed by atoms with Crippen molar-refractivity contribution in [2.24, 2.45) is 0 Å². The van der Waals surface area contributed by atoms with Gasteiger partial charge in [0.15, 0.2) is 23.0 Å². The van der Waals surface area contributed by atoms with Crippen molar-refractivity contribution in [3.63, 3.8) is 0 Å². The molecule has 0 spiro atoms. The van der Waals surface area contributed by atoms with Gasteiger partial charge in [-0.05, 0) is 60.7 Å². The Bertz CT molecular complexity index is 1100. The number of fused-ring (bicyclic) bond motifs is 1. The minimum Gasteiger partial charge on any atom is -0.493 e. The van der Waals surface area contributed by atoms with Gasteiger partial charge in [0, 0.05) is 12.6 Å². The maximum Gasteiger partial charge on any atom is 0.414 e. The Hall–Kier alpha value is -3.99. The molecule has 0 saturated carbocycles. The van der Waals surface area contributed by atoms with Gasteiger partial charge in [0.2, 0.25) is 0 Å². The van der Waals surface area contributed by atoms with E-state index in [0.717, 1.165) is 24.1 Å². The highest BCUT2D eigenvalue weighted by molar-refractivity contribution is 6.27. The molecule has 2 aromatic rings. The summed E-state index contributed by atoms with van der Waals surface area (Å²) in [7, 11) is 7.94. The third-order valence-electron chi connectivity index (χ3n) is 6.14. The van der Waals surface area contributed by atoms with Crippen LogP contribution in [0.1, 0.15) is 29.7 Å². The lowest BCUT2D eigenvalue weighted by molar-refractivity contribution is -0.159. The molecule has 0 radical (unpaired) electrons. The summed E-state index contributed by atoms with van der Waals surface area (Å²) in [5, 5.41) is 14.8. The lowest BCUT2D eigenvalue weighted by Crippen LogP contribution is -2.46. The third-order valence-corrected chi connectivity index (χ3v) is 6.14. The number of nitrogens with zero attached hydrogens (tertiary/aromatic N) is 1. The highest BCUT2D eigenvalue weighted by atomic mass is 16.5. The van der Waals surface area contributed by atoms with Crippen molar-refractivity contribution >= 4 is 17.9 Å². The smallest absolute Gasteiger partial charge is 0.414 e. The summed E-state index contributed by atoms with van der Waals surface area (Å²) in [6.45, 7) is 2.62. The van der Waals surface area contributed by atoms with E-state index in [4.69, 9.17) is 43.5 Å². The fourth-order valence-electron chi connectivity index (χ4n) is 4.28. The average molecular weight is 520 g/mol. The first kappa shape index (κ1) is 29.2. The number of hydrogen-bond donors (Lipinski definition) is 2. The molecule has 11 heteroatoms. The average Bonchev–Trinajstić information content (AvgIpc) is 2.91. The topological polar surface area (TPSA) is 141 Å². The second-order valence-corrected chi connectivity index (χ2v) is 8.11. The summed E-state index contributed by atoms with van der Waals surface area (Å²) in [4.78, 5) is 32.8. The number of aliphatic carboxylic acids is 2. The molecular weight excluding hydrogens is 486 g/mol. The van der Waals surface area contributed by atoms with Crippen LogP contribution in [-0.2, 0) is 32.0 Å². The van der Waals surface area contributed by atoms with E-state index in [1.165, 1.54) is 12.7 Å². The second-order valence-electron chi connectivity index (χ2n) is 8.11. The van der Waals surface area contributed by atoms with Gasteiger partial charge in [-0.25, -0.2) is 9.59 Å². The number of carbonyl (C=O) groups excluding carboxylic acids is 1. The minimum atomic E-state index is -1.82. The molecule has 0 aromatic heterocycles. The van der Waals surface area contributed by atoms with Gasteiger partial charge in [-0.3, -0.25) is 9.69 Å². The molecule has 3 rings (SSSR count). The van der Waals surface area contributed by atoms with Gasteiger partial charge in [-0.1, -0.05) is 6.07 Å². The zero-order valence-electron chi connectivity index (χ0n) is 21.8. The van der Waals surface area contributed by atoms with E-state index in [0.29, 0.717) is 29.4 Å². The normalized spacial score (nSPS) is 15.2. The van der Waals surface area contributed by atoms with Crippen LogP contribution >= 0.6 is 0 Å². The van der Waals surface area contributed by atoms with Gasteiger partial charge in [-0.2, -0.15) is 0 Å². The number of ether oxygens (including phenoxy) is 5. The molecule has 0 aliphatic carbocycles. The van der Waals surface area contributed by atoms with Gasteiger partial charge in [0.05, 0.1) is 35.5 Å². The third kappa shape index (κ3) is 7.04. The predicted molar refractivity (Wildman–Crippen MR) is 133 cm³/mol. The second kappa shape index (κ2) is 13.4. The molecule has 1 aliphatic heterocycles. The monoisotopic (exact) mass is 519 g/mol. The quantitative estimate of drug-likeness (QED) is 0.393. The van der Waals surface area contributed by atoms with Gasteiger partial charge < -0.3 is 33.9 Å². The first-order valence-electron chi connectivity index (χ1n) is 11.4. The van der Waals surface area contributed by atoms with E-state index >= 15 is 0 Å². The minimum absolute atomic E-state index is 0.0456. The fraction of sp³-hybridized carbons (Fsp3) is 0.423. The first-order chi connectivity index (χ1) is 17.6. The molecule has 2 N–H and O–H groups in total. The molecular formula is C26H33NO10. The first-order valence-corrected chi connectivity index (χ1v) is 11.4. The van der Waals surface area contributed by atoms with Crippen molar-refractivity contribution < 1.29 is 48.3 Å². The van der Waals surface area contributed by atoms with Crippen molar-refractivity contribution in [3.05, 3.63) is 47.0 Å². The van der Waals surface area contributed by atoms with E-state index < -0.39 is 11.9 Å². The number of carboxylic acids is 2. The van der Waals surface area contributed by atoms with E-state index in [9.17, 15) is 4.79 Å². The van der Waals surface area contributed by atoms with Crippen LogP contribution in [0.15, 0.2) is 30.3 Å². The molecule has 2 aromatic carbocycles. The molecule has 0 saturated heterocycles. The molecule has 11 nitrogen and oxygen atoms in total. The Balaban J connectivity index is 0.000000717. The summed E-state index contributed by atoms with van der Waals surface area (Å²) >= 11 is 0. The van der Waals surface area contributed by atoms with Crippen molar-refractivity contribution in [2.45, 2.75) is 31.8 Å². The fourth-order valence-corrected chi connectivity index (χ4v) is 4.28. The van der Waals surface area contributed by atoms with Crippen LogP contribution in [0, 0.1) is 0 Å². The lowest BCUT2D eigenvalue weighted by Gasteiger charge is -2.40. The Morgan fingerprint density at radius 3 is 1.92 bits per heavy atom. The Morgan fingerprint density at radius 2 is 1.41 bits per heavy atom. The van der Waals surface area contributed by atoms with Crippen LogP contribution in [-0.4, -0.2) is 81.2 Å². The maximum absolute atomic E-state index is 12.4. The summed E-state index contributed by atoms with van der Waals surface area (Å²) in [6.07, 6.45) is 1.49. The molecule has 2 unspecified atom stereocenters. The van der Waals surface area contributed by atoms with E-state index in [1.54, 1.807) is 28.4 Å².